The van der Waals surface area contributed by atoms with Crippen LogP contribution in [0.1, 0.15) is 25.5 Å². The SMILES string of the molecule is CCNC(C)c1ccccc1Oc1cc(F)cc(F)c1. The Morgan fingerprint density at radius 3 is 2.40 bits per heavy atom. The molecule has 4 heteroatoms. The molecule has 1 N–H and O–H groups in total. The third kappa shape index (κ3) is 3.54. The number of hydrogen-bond donors (Lipinski definition) is 1. The second-order valence-corrected chi connectivity index (χ2v) is 4.52. The van der Waals surface area contributed by atoms with Crippen LogP contribution in [0, 0.1) is 11.6 Å². The van der Waals surface area contributed by atoms with Gasteiger partial charge in [0, 0.05) is 29.8 Å². The summed E-state index contributed by atoms with van der Waals surface area (Å²) >= 11 is 0. The lowest BCUT2D eigenvalue weighted by molar-refractivity contribution is 0.452. The molecule has 106 valence electrons. The molecular formula is C16H17F2NO. The zero-order valence-electron chi connectivity index (χ0n) is 11.5. The zero-order chi connectivity index (χ0) is 14.5. The van der Waals surface area contributed by atoms with Crippen molar-refractivity contribution in [3.63, 3.8) is 0 Å². The molecule has 0 saturated heterocycles. The lowest BCUT2D eigenvalue weighted by Gasteiger charge is -2.17. The van der Waals surface area contributed by atoms with Crippen LogP contribution in [0.4, 0.5) is 8.78 Å². The number of para-hydroxylation sites is 1. The van der Waals surface area contributed by atoms with E-state index in [1.807, 2.05) is 32.0 Å². The van der Waals surface area contributed by atoms with E-state index in [0.717, 1.165) is 30.3 Å². The number of halogens is 2. The van der Waals surface area contributed by atoms with Crippen molar-refractivity contribution >= 4 is 0 Å². The van der Waals surface area contributed by atoms with Crippen LogP contribution in [0.3, 0.4) is 0 Å². The van der Waals surface area contributed by atoms with E-state index in [9.17, 15) is 8.78 Å². The maximum atomic E-state index is 13.2. The molecule has 20 heavy (non-hydrogen) atoms. The lowest BCUT2D eigenvalue weighted by atomic mass is 10.1. The molecule has 1 unspecified atom stereocenters. The van der Waals surface area contributed by atoms with E-state index in [4.69, 9.17) is 4.74 Å². The highest BCUT2D eigenvalue weighted by Crippen LogP contribution is 2.30. The van der Waals surface area contributed by atoms with E-state index in [-0.39, 0.29) is 11.8 Å². The van der Waals surface area contributed by atoms with Crippen LogP contribution in [0.15, 0.2) is 42.5 Å². The summed E-state index contributed by atoms with van der Waals surface area (Å²) in [7, 11) is 0. The number of rotatable bonds is 5. The summed E-state index contributed by atoms with van der Waals surface area (Å²) < 4.78 is 32.0. The fraction of sp³-hybridized carbons (Fsp3) is 0.250. The molecule has 0 spiro atoms. The maximum absolute atomic E-state index is 13.2. The first kappa shape index (κ1) is 14.5. The quantitative estimate of drug-likeness (QED) is 0.873. The summed E-state index contributed by atoms with van der Waals surface area (Å²) in [5, 5.41) is 3.28. The van der Waals surface area contributed by atoms with Crippen molar-refractivity contribution < 1.29 is 13.5 Å². The monoisotopic (exact) mass is 277 g/mol. The second-order valence-electron chi connectivity index (χ2n) is 4.52. The molecule has 2 rings (SSSR count). The predicted molar refractivity (Wildman–Crippen MR) is 75.0 cm³/mol. The molecule has 0 radical (unpaired) electrons. The molecule has 1 atom stereocenters. The average molecular weight is 277 g/mol. The Labute approximate surface area is 117 Å². The normalized spacial score (nSPS) is 12.2. The number of benzene rings is 2. The van der Waals surface area contributed by atoms with Gasteiger partial charge in [-0.15, -0.1) is 0 Å². The van der Waals surface area contributed by atoms with Crippen molar-refractivity contribution in [2.45, 2.75) is 19.9 Å². The van der Waals surface area contributed by atoms with Crippen LogP contribution in [-0.2, 0) is 0 Å². The van der Waals surface area contributed by atoms with Crippen molar-refractivity contribution in [2.75, 3.05) is 6.54 Å². The smallest absolute Gasteiger partial charge is 0.133 e. The fourth-order valence-electron chi connectivity index (χ4n) is 2.06. The molecule has 2 aromatic rings. The van der Waals surface area contributed by atoms with Gasteiger partial charge in [0.15, 0.2) is 0 Å². The molecule has 2 aromatic carbocycles. The van der Waals surface area contributed by atoms with Crippen LogP contribution < -0.4 is 10.1 Å². The minimum atomic E-state index is -0.655. The summed E-state index contributed by atoms with van der Waals surface area (Å²) in [6, 6.07) is 10.7. The molecule has 2 nitrogen and oxygen atoms in total. The molecule has 0 saturated carbocycles. The van der Waals surface area contributed by atoms with Crippen molar-refractivity contribution in [2.24, 2.45) is 0 Å². The van der Waals surface area contributed by atoms with Crippen LogP contribution in [0.25, 0.3) is 0 Å². The first-order valence-corrected chi connectivity index (χ1v) is 6.56. The van der Waals surface area contributed by atoms with Crippen molar-refractivity contribution in [3.8, 4) is 11.5 Å². The van der Waals surface area contributed by atoms with Crippen LogP contribution in [0.2, 0.25) is 0 Å². The van der Waals surface area contributed by atoms with E-state index in [1.165, 1.54) is 0 Å². The Kier molecular flexibility index (Phi) is 4.69. The van der Waals surface area contributed by atoms with Crippen molar-refractivity contribution in [1.29, 1.82) is 0 Å². The molecule has 0 amide bonds. The Balaban J connectivity index is 2.29. The van der Waals surface area contributed by atoms with Gasteiger partial charge in [0.2, 0.25) is 0 Å². The minimum absolute atomic E-state index is 0.0922. The number of ether oxygens (including phenoxy) is 1. The lowest BCUT2D eigenvalue weighted by Crippen LogP contribution is -2.18. The topological polar surface area (TPSA) is 21.3 Å². The molecule has 0 aliphatic rings. The van der Waals surface area contributed by atoms with Gasteiger partial charge < -0.3 is 10.1 Å². The second kappa shape index (κ2) is 6.48. The third-order valence-corrected chi connectivity index (χ3v) is 2.96. The highest BCUT2D eigenvalue weighted by molar-refractivity contribution is 5.39. The highest BCUT2D eigenvalue weighted by atomic mass is 19.1. The van der Waals surface area contributed by atoms with Crippen LogP contribution in [-0.4, -0.2) is 6.54 Å². The highest BCUT2D eigenvalue weighted by Gasteiger charge is 2.11. The van der Waals surface area contributed by atoms with Gasteiger partial charge in [-0.25, -0.2) is 8.78 Å². The number of hydrogen-bond acceptors (Lipinski definition) is 2. The van der Waals surface area contributed by atoms with E-state index < -0.39 is 11.6 Å². The van der Waals surface area contributed by atoms with E-state index in [0.29, 0.717) is 5.75 Å². The Hall–Kier alpha value is -1.94. The van der Waals surface area contributed by atoms with Gasteiger partial charge in [0.25, 0.3) is 0 Å². The summed E-state index contributed by atoms with van der Waals surface area (Å²) in [5.41, 5.74) is 0.944. The summed E-state index contributed by atoms with van der Waals surface area (Å²) in [5.74, 6) is -0.570. The summed E-state index contributed by atoms with van der Waals surface area (Å²) in [6.45, 7) is 4.85. The van der Waals surface area contributed by atoms with Crippen LogP contribution in [0.5, 0.6) is 11.5 Å². The molecule has 0 fully saturated rings. The Bertz CT molecular complexity index is 566. The predicted octanol–water partition coefficient (Wildman–Crippen LogP) is 4.43. The van der Waals surface area contributed by atoms with Crippen molar-refractivity contribution in [3.05, 3.63) is 59.7 Å². The Morgan fingerprint density at radius 2 is 1.75 bits per heavy atom. The van der Waals surface area contributed by atoms with E-state index in [1.54, 1.807) is 6.07 Å². The fourth-order valence-corrected chi connectivity index (χ4v) is 2.06. The van der Waals surface area contributed by atoms with Gasteiger partial charge in [-0.05, 0) is 19.5 Å². The largest absolute Gasteiger partial charge is 0.457 e. The van der Waals surface area contributed by atoms with Gasteiger partial charge in [-0.1, -0.05) is 25.1 Å². The standard InChI is InChI=1S/C16H17F2NO/c1-3-19-11(2)15-6-4-5-7-16(15)20-14-9-12(17)8-13(18)10-14/h4-11,19H,3H2,1-2H3. The van der Waals surface area contributed by atoms with Crippen LogP contribution >= 0.6 is 0 Å². The van der Waals surface area contributed by atoms with E-state index in [2.05, 4.69) is 5.32 Å². The molecule has 0 bridgehead atoms. The maximum Gasteiger partial charge on any atom is 0.133 e. The third-order valence-electron chi connectivity index (χ3n) is 2.96. The first-order valence-electron chi connectivity index (χ1n) is 6.56. The zero-order valence-corrected chi connectivity index (χ0v) is 11.5. The molecule has 0 aliphatic carbocycles. The minimum Gasteiger partial charge on any atom is -0.457 e. The van der Waals surface area contributed by atoms with E-state index >= 15 is 0 Å². The molecular weight excluding hydrogens is 260 g/mol. The van der Waals surface area contributed by atoms with Gasteiger partial charge in [-0.3, -0.25) is 0 Å². The van der Waals surface area contributed by atoms with Gasteiger partial charge in [0.1, 0.15) is 23.1 Å². The van der Waals surface area contributed by atoms with Gasteiger partial charge in [-0.2, -0.15) is 0 Å². The number of nitrogens with one attached hydrogen (secondary N) is 1. The molecule has 0 heterocycles. The van der Waals surface area contributed by atoms with Gasteiger partial charge >= 0.3 is 0 Å². The van der Waals surface area contributed by atoms with Gasteiger partial charge in [0.05, 0.1) is 0 Å². The summed E-state index contributed by atoms with van der Waals surface area (Å²) in [4.78, 5) is 0. The first-order chi connectivity index (χ1) is 9.60. The molecule has 0 aliphatic heterocycles. The van der Waals surface area contributed by atoms with Crippen molar-refractivity contribution in [1.82, 2.24) is 5.32 Å². The molecule has 0 aromatic heterocycles. The summed E-state index contributed by atoms with van der Waals surface area (Å²) in [6.07, 6.45) is 0. The average Bonchev–Trinajstić information content (AvgIpc) is 2.38. The Morgan fingerprint density at radius 1 is 1.10 bits per heavy atom.